The molecule has 0 aromatic heterocycles. The Kier molecular flexibility index (Phi) is 5.73. The van der Waals surface area contributed by atoms with Crippen LogP contribution in [0, 0.1) is 30.1 Å². The van der Waals surface area contributed by atoms with Gasteiger partial charge < -0.3 is 5.32 Å². The standard InChI is InChI=1S/C30H34N2O3S/c1-19-7-3-4-8-24(19)29(33)31-27-11-12-28(26-10-6-5-9-25(26)27)36(34,35)32-20(2)30-16-21-13-22(17-30)15-23(14-21)18-30/h3-12,20-23,32H,13-18H2,1-2H3,(H,31,33). The molecule has 3 aromatic rings. The van der Waals surface area contributed by atoms with Gasteiger partial charge in [-0.2, -0.15) is 0 Å². The summed E-state index contributed by atoms with van der Waals surface area (Å²) in [5, 5.41) is 4.33. The second-order valence-corrected chi connectivity index (χ2v) is 13.2. The van der Waals surface area contributed by atoms with E-state index in [4.69, 9.17) is 0 Å². The molecule has 3 aromatic carbocycles. The summed E-state index contributed by atoms with van der Waals surface area (Å²) in [6.45, 7) is 3.98. The molecule has 36 heavy (non-hydrogen) atoms. The number of aryl methyl sites for hydroxylation is 1. The third-order valence-corrected chi connectivity index (χ3v) is 10.7. The number of benzene rings is 3. The van der Waals surface area contributed by atoms with Crippen molar-refractivity contribution >= 4 is 32.4 Å². The highest BCUT2D eigenvalue weighted by molar-refractivity contribution is 7.89. The van der Waals surface area contributed by atoms with Crippen LogP contribution >= 0.6 is 0 Å². The van der Waals surface area contributed by atoms with Crippen LogP contribution in [0.2, 0.25) is 0 Å². The van der Waals surface area contributed by atoms with Gasteiger partial charge in [0.25, 0.3) is 5.91 Å². The molecule has 0 heterocycles. The predicted molar refractivity (Wildman–Crippen MR) is 143 cm³/mol. The summed E-state index contributed by atoms with van der Waals surface area (Å²) in [4.78, 5) is 13.2. The minimum absolute atomic E-state index is 0.0824. The van der Waals surface area contributed by atoms with Crippen LogP contribution in [0.1, 0.15) is 61.4 Å². The molecule has 5 nitrogen and oxygen atoms in total. The van der Waals surface area contributed by atoms with Gasteiger partial charge in [-0.25, -0.2) is 13.1 Å². The van der Waals surface area contributed by atoms with Crippen molar-refractivity contribution in [3.8, 4) is 0 Å². The topological polar surface area (TPSA) is 75.3 Å². The van der Waals surface area contributed by atoms with E-state index in [0.29, 0.717) is 22.0 Å². The average Bonchev–Trinajstić information content (AvgIpc) is 2.83. The Morgan fingerprint density at radius 2 is 1.44 bits per heavy atom. The molecule has 188 valence electrons. The van der Waals surface area contributed by atoms with Crippen LogP contribution in [-0.4, -0.2) is 20.4 Å². The molecule has 1 unspecified atom stereocenters. The van der Waals surface area contributed by atoms with Crippen molar-refractivity contribution in [3.05, 3.63) is 71.8 Å². The summed E-state index contributed by atoms with van der Waals surface area (Å²) in [5.74, 6) is 2.09. The zero-order valence-electron chi connectivity index (χ0n) is 21.0. The molecule has 6 heteroatoms. The molecule has 1 atom stereocenters. The van der Waals surface area contributed by atoms with Gasteiger partial charge in [-0.1, -0.05) is 42.5 Å². The van der Waals surface area contributed by atoms with E-state index in [1.165, 1.54) is 19.3 Å². The fourth-order valence-corrected chi connectivity index (χ4v) is 9.32. The van der Waals surface area contributed by atoms with Crippen molar-refractivity contribution in [1.29, 1.82) is 0 Å². The van der Waals surface area contributed by atoms with E-state index >= 15 is 0 Å². The molecule has 0 saturated heterocycles. The number of amides is 1. The Morgan fingerprint density at radius 3 is 2.08 bits per heavy atom. The molecule has 4 saturated carbocycles. The third kappa shape index (κ3) is 4.04. The first-order valence-corrected chi connectivity index (χ1v) is 14.6. The molecule has 0 aliphatic heterocycles. The number of carbonyl (C=O) groups is 1. The highest BCUT2D eigenvalue weighted by Gasteiger charge is 2.53. The monoisotopic (exact) mass is 502 g/mol. The first-order valence-electron chi connectivity index (χ1n) is 13.2. The summed E-state index contributed by atoms with van der Waals surface area (Å²) in [6.07, 6.45) is 7.44. The lowest BCUT2D eigenvalue weighted by molar-refractivity contribution is -0.0666. The minimum atomic E-state index is -3.75. The molecule has 2 N–H and O–H groups in total. The van der Waals surface area contributed by atoms with E-state index in [0.717, 1.165) is 42.6 Å². The lowest BCUT2D eigenvalue weighted by Gasteiger charge is -2.59. The van der Waals surface area contributed by atoms with Gasteiger partial charge >= 0.3 is 0 Å². The quantitative estimate of drug-likeness (QED) is 0.416. The number of carbonyl (C=O) groups excluding carboxylic acids is 1. The predicted octanol–water partition coefficient (Wildman–Crippen LogP) is 6.28. The number of rotatable bonds is 6. The van der Waals surface area contributed by atoms with Crippen LogP contribution in [0.3, 0.4) is 0 Å². The average molecular weight is 503 g/mol. The number of fused-ring (bicyclic) bond motifs is 1. The van der Waals surface area contributed by atoms with Crippen molar-refractivity contribution in [3.63, 3.8) is 0 Å². The van der Waals surface area contributed by atoms with Crippen LogP contribution in [0.15, 0.2) is 65.6 Å². The zero-order valence-corrected chi connectivity index (χ0v) is 21.8. The maximum Gasteiger partial charge on any atom is 0.255 e. The maximum atomic E-state index is 13.8. The van der Waals surface area contributed by atoms with Gasteiger partial charge in [0.15, 0.2) is 0 Å². The van der Waals surface area contributed by atoms with Crippen LogP contribution in [-0.2, 0) is 10.0 Å². The molecule has 0 radical (unpaired) electrons. The number of hydrogen-bond acceptors (Lipinski definition) is 3. The van der Waals surface area contributed by atoms with Crippen molar-refractivity contribution in [1.82, 2.24) is 4.72 Å². The number of anilines is 1. The van der Waals surface area contributed by atoms with Gasteiger partial charge in [-0.15, -0.1) is 0 Å². The van der Waals surface area contributed by atoms with E-state index in [-0.39, 0.29) is 22.3 Å². The van der Waals surface area contributed by atoms with E-state index in [1.54, 1.807) is 18.2 Å². The molecule has 4 aliphatic rings. The smallest absolute Gasteiger partial charge is 0.255 e. The second-order valence-electron chi connectivity index (χ2n) is 11.5. The Balaban J connectivity index is 1.30. The highest BCUT2D eigenvalue weighted by atomic mass is 32.2. The summed E-state index contributed by atoms with van der Waals surface area (Å²) in [6, 6.07) is 18.1. The van der Waals surface area contributed by atoms with Gasteiger partial charge in [0, 0.05) is 28.1 Å². The van der Waals surface area contributed by atoms with Crippen LogP contribution < -0.4 is 10.0 Å². The Bertz CT molecular complexity index is 1410. The van der Waals surface area contributed by atoms with Crippen molar-refractivity contribution in [2.75, 3.05) is 5.32 Å². The SMILES string of the molecule is Cc1ccccc1C(=O)Nc1ccc(S(=O)(=O)NC(C)C23CC4CC(CC(C4)C2)C3)c2ccccc12. The maximum absolute atomic E-state index is 13.8. The minimum Gasteiger partial charge on any atom is -0.321 e. The van der Waals surface area contributed by atoms with Crippen LogP contribution in [0.25, 0.3) is 10.8 Å². The molecular weight excluding hydrogens is 468 g/mol. The molecule has 7 rings (SSSR count). The van der Waals surface area contributed by atoms with E-state index in [1.807, 2.05) is 49.4 Å². The molecule has 4 bridgehead atoms. The number of sulfonamides is 1. The first-order chi connectivity index (χ1) is 17.2. The summed E-state index contributed by atoms with van der Waals surface area (Å²) in [5.41, 5.74) is 2.18. The van der Waals surface area contributed by atoms with Gasteiger partial charge in [-0.05, 0) is 99.3 Å². The lowest BCUT2D eigenvalue weighted by Crippen LogP contribution is -2.55. The Morgan fingerprint density at radius 1 is 0.861 bits per heavy atom. The molecular formula is C30H34N2O3S. The van der Waals surface area contributed by atoms with E-state index < -0.39 is 10.0 Å². The van der Waals surface area contributed by atoms with Crippen molar-refractivity contribution < 1.29 is 13.2 Å². The number of nitrogens with one attached hydrogen (secondary N) is 2. The van der Waals surface area contributed by atoms with Crippen molar-refractivity contribution in [2.45, 2.75) is 63.3 Å². The van der Waals surface area contributed by atoms with Gasteiger partial charge in [-0.3, -0.25) is 4.79 Å². The molecule has 4 aliphatic carbocycles. The second kappa shape index (κ2) is 8.70. The number of hydrogen-bond donors (Lipinski definition) is 2. The first kappa shape index (κ1) is 23.7. The Labute approximate surface area is 213 Å². The van der Waals surface area contributed by atoms with Gasteiger partial charge in [0.2, 0.25) is 10.0 Å². The molecule has 4 fully saturated rings. The lowest BCUT2D eigenvalue weighted by atomic mass is 9.48. The molecule has 0 spiro atoms. The fraction of sp³-hybridized carbons (Fsp3) is 0.433. The fourth-order valence-electron chi connectivity index (χ4n) is 7.76. The summed E-state index contributed by atoms with van der Waals surface area (Å²) in [7, 11) is -3.75. The van der Waals surface area contributed by atoms with Crippen LogP contribution in [0.4, 0.5) is 5.69 Å². The van der Waals surface area contributed by atoms with E-state index in [9.17, 15) is 13.2 Å². The highest BCUT2D eigenvalue weighted by Crippen LogP contribution is 2.61. The summed E-state index contributed by atoms with van der Waals surface area (Å²) >= 11 is 0. The summed E-state index contributed by atoms with van der Waals surface area (Å²) < 4.78 is 30.6. The zero-order chi connectivity index (χ0) is 25.1. The van der Waals surface area contributed by atoms with E-state index in [2.05, 4.69) is 17.0 Å². The third-order valence-electron chi connectivity index (χ3n) is 9.15. The Hall–Kier alpha value is -2.70. The molecule has 1 amide bonds. The normalized spacial score (nSPS) is 27.8. The van der Waals surface area contributed by atoms with Crippen LogP contribution in [0.5, 0.6) is 0 Å². The van der Waals surface area contributed by atoms with Gasteiger partial charge in [0.05, 0.1) is 4.90 Å². The largest absolute Gasteiger partial charge is 0.321 e. The van der Waals surface area contributed by atoms with Crippen molar-refractivity contribution in [2.24, 2.45) is 23.2 Å². The van der Waals surface area contributed by atoms with Gasteiger partial charge in [0.1, 0.15) is 0 Å².